The van der Waals surface area contributed by atoms with Gasteiger partial charge in [-0.05, 0) is 43.0 Å². The van der Waals surface area contributed by atoms with Gasteiger partial charge in [-0.3, -0.25) is 4.79 Å². The fourth-order valence-electron chi connectivity index (χ4n) is 4.30. The lowest BCUT2D eigenvalue weighted by molar-refractivity contribution is -0.133. The third-order valence-corrected chi connectivity index (χ3v) is 6.29. The van der Waals surface area contributed by atoms with Gasteiger partial charge in [0.1, 0.15) is 11.6 Å². The molecule has 1 aliphatic rings. The maximum atomic E-state index is 13.3. The Hall–Kier alpha value is -3.55. The number of amides is 1. The summed E-state index contributed by atoms with van der Waals surface area (Å²) in [5.41, 5.74) is 2.60. The average Bonchev–Trinajstić information content (AvgIpc) is 3.70. The first-order chi connectivity index (χ1) is 16.9. The normalized spacial score (nSPS) is 13.0. The summed E-state index contributed by atoms with van der Waals surface area (Å²) in [7, 11) is 8.59. The van der Waals surface area contributed by atoms with E-state index in [1.54, 1.807) is 33.5 Å². The standard InChI is InChI=1S/C27H32FN3O4/c1-30(2)26-19(14-21-22(29-26)15-23(33-3)25(35-5)24(21)34-4)16-31(27(32)18-8-9-18)13-12-17-6-10-20(28)11-7-17/h6-7,10-11,14-15,18H,8-9,12-13,16H2,1-5H3. The lowest BCUT2D eigenvalue weighted by Gasteiger charge is -2.26. The second-order valence-corrected chi connectivity index (χ2v) is 8.99. The number of hydrogen-bond acceptors (Lipinski definition) is 6. The molecule has 0 atom stereocenters. The van der Waals surface area contributed by atoms with Crippen molar-refractivity contribution in [2.45, 2.75) is 25.8 Å². The molecule has 3 aromatic rings. The molecule has 0 bridgehead atoms. The molecule has 0 spiro atoms. The van der Waals surface area contributed by atoms with Crippen LogP contribution in [-0.2, 0) is 17.8 Å². The summed E-state index contributed by atoms with van der Waals surface area (Å²) < 4.78 is 30.1. The van der Waals surface area contributed by atoms with Crippen LogP contribution in [0.2, 0.25) is 0 Å². The van der Waals surface area contributed by atoms with E-state index in [1.165, 1.54) is 12.1 Å². The highest BCUT2D eigenvalue weighted by atomic mass is 19.1. The number of methoxy groups -OCH3 is 3. The number of benzene rings is 2. The minimum absolute atomic E-state index is 0.0818. The zero-order valence-electron chi connectivity index (χ0n) is 20.9. The van der Waals surface area contributed by atoms with Crippen LogP contribution in [0.15, 0.2) is 36.4 Å². The molecule has 1 aromatic heterocycles. The molecule has 1 aliphatic carbocycles. The van der Waals surface area contributed by atoms with Crippen LogP contribution >= 0.6 is 0 Å². The van der Waals surface area contributed by atoms with E-state index in [-0.39, 0.29) is 17.6 Å². The first-order valence-electron chi connectivity index (χ1n) is 11.7. The van der Waals surface area contributed by atoms with Gasteiger partial charge in [0, 0.05) is 50.1 Å². The highest BCUT2D eigenvalue weighted by Gasteiger charge is 2.34. The molecule has 0 radical (unpaired) electrons. The predicted octanol–water partition coefficient (Wildman–Crippen LogP) is 4.45. The number of carbonyl (C=O) groups is 1. The van der Waals surface area contributed by atoms with Gasteiger partial charge in [0.25, 0.3) is 0 Å². The van der Waals surface area contributed by atoms with Crippen LogP contribution in [0.1, 0.15) is 24.0 Å². The fraction of sp³-hybridized carbons (Fsp3) is 0.407. The smallest absolute Gasteiger partial charge is 0.225 e. The van der Waals surface area contributed by atoms with E-state index in [1.807, 2.05) is 36.0 Å². The SMILES string of the molecule is COc1cc2nc(N(C)C)c(CN(CCc3ccc(F)cc3)C(=O)C3CC3)cc2c(OC)c1OC. The molecule has 8 heteroatoms. The average molecular weight is 482 g/mol. The number of pyridine rings is 1. The van der Waals surface area contributed by atoms with Crippen LogP contribution in [0.5, 0.6) is 17.2 Å². The number of aromatic nitrogens is 1. The lowest BCUT2D eigenvalue weighted by atomic mass is 10.1. The molecular formula is C27H32FN3O4. The molecular weight excluding hydrogens is 449 g/mol. The minimum Gasteiger partial charge on any atom is -0.493 e. The summed E-state index contributed by atoms with van der Waals surface area (Å²) in [6.07, 6.45) is 2.49. The van der Waals surface area contributed by atoms with Gasteiger partial charge < -0.3 is 24.0 Å². The molecule has 1 amide bonds. The summed E-state index contributed by atoms with van der Waals surface area (Å²) in [6.45, 7) is 0.944. The van der Waals surface area contributed by atoms with Crippen molar-refractivity contribution < 1.29 is 23.4 Å². The van der Waals surface area contributed by atoms with E-state index >= 15 is 0 Å². The molecule has 1 heterocycles. The van der Waals surface area contributed by atoms with Crippen molar-refractivity contribution in [3.8, 4) is 17.2 Å². The van der Waals surface area contributed by atoms with Crippen LogP contribution in [0.4, 0.5) is 10.2 Å². The lowest BCUT2D eigenvalue weighted by Crippen LogP contribution is -2.34. The quantitative estimate of drug-likeness (QED) is 0.427. The first kappa shape index (κ1) is 24.6. The second-order valence-electron chi connectivity index (χ2n) is 8.99. The number of hydrogen-bond donors (Lipinski definition) is 0. The Bertz CT molecular complexity index is 1210. The predicted molar refractivity (Wildman–Crippen MR) is 134 cm³/mol. The van der Waals surface area contributed by atoms with Crippen molar-refractivity contribution in [2.75, 3.05) is 46.9 Å². The Morgan fingerprint density at radius 2 is 1.71 bits per heavy atom. The Morgan fingerprint density at radius 1 is 1.03 bits per heavy atom. The zero-order valence-corrected chi connectivity index (χ0v) is 20.9. The van der Waals surface area contributed by atoms with Crippen molar-refractivity contribution in [3.05, 3.63) is 53.3 Å². The summed E-state index contributed by atoms with van der Waals surface area (Å²) in [5, 5.41) is 0.781. The van der Waals surface area contributed by atoms with Gasteiger partial charge in [0.15, 0.2) is 11.5 Å². The number of ether oxygens (including phenoxy) is 3. The van der Waals surface area contributed by atoms with Gasteiger partial charge in [0.2, 0.25) is 11.7 Å². The fourth-order valence-corrected chi connectivity index (χ4v) is 4.30. The van der Waals surface area contributed by atoms with Crippen molar-refractivity contribution in [1.29, 1.82) is 0 Å². The van der Waals surface area contributed by atoms with Gasteiger partial charge in [0.05, 0.1) is 26.8 Å². The van der Waals surface area contributed by atoms with Gasteiger partial charge in [-0.1, -0.05) is 12.1 Å². The summed E-state index contributed by atoms with van der Waals surface area (Å²) in [6, 6.07) is 10.3. The van der Waals surface area contributed by atoms with Crippen LogP contribution in [0.3, 0.4) is 0 Å². The molecule has 4 rings (SSSR count). The number of halogens is 1. The van der Waals surface area contributed by atoms with E-state index in [0.717, 1.165) is 35.2 Å². The summed E-state index contributed by atoms with van der Waals surface area (Å²) in [5.74, 6) is 2.30. The van der Waals surface area contributed by atoms with Gasteiger partial charge in [-0.2, -0.15) is 0 Å². The zero-order chi connectivity index (χ0) is 25.1. The highest BCUT2D eigenvalue weighted by Crippen LogP contribution is 2.44. The largest absolute Gasteiger partial charge is 0.493 e. The third kappa shape index (κ3) is 5.26. The van der Waals surface area contributed by atoms with E-state index in [2.05, 4.69) is 0 Å². The number of carbonyl (C=O) groups excluding carboxylic acids is 1. The summed E-state index contributed by atoms with van der Waals surface area (Å²) >= 11 is 0. The molecule has 2 aromatic carbocycles. The molecule has 35 heavy (non-hydrogen) atoms. The Kier molecular flexibility index (Phi) is 7.28. The Balaban J connectivity index is 1.73. The van der Waals surface area contributed by atoms with E-state index < -0.39 is 0 Å². The third-order valence-electron chi connectivity index (χ3n) is 6.29. The molecule has 0 unspecified atom stereocenters. The maximum absolute atomic E-state index is 13.3. The van der Waals surface area contributed by atoms with Gasteiger partial charge >= 0.3 is 0 Å². The Labute approximate surface area is 205 Å². The first-order valence-corrected chi connectivity index (χ1v) is 11.7. The molecule has 1 saturated carbocycles. The van der Waals surface area contributed by atoms with Crippen molar-refractivity contribution in [1.82, 2.24) is 9.88 Å². The Morgan fingerprint density at radius 3 is 2.29 bits per heavy atom. The molecule has 0 saturated heterocycles. The van der Waals surface area contributed by atoms with Crippen molar-refractivity contribution in [3.63, 3.8) is 0 Å². The number of anilines is 1. The molecule has 0 N–H and O–H groups in total. The molecule has 7 nitrogen and oxygen atoms in total. The monoisotopic (exact) mass is 481 g/mol. The molecule has 186 valence electrons. The number of rotatable bonds is 10. The van der Waals surface area contributed by atoms with E-state index in [9.17, 15) is 9.18 Å². The van der Waals surface area contributed by atoms with Crippen molar-refractivity contribution >= 4 is 22.6 Å². The van der Waals surface area contributed by atoms with Gasteiger partial charge in [-0.15, -0.1) is 0 Å². The number of fused-ring (bicyclic) bond motifs is 1. The topological polar surface area (TPSA) is 64.1 Å². The van der Waals surface area contributed by atoms with E-state index in [4.69, 9.17) is 19.2 Å². The van der Waals surface area contributed by atoms with Crippen LogP contribution in [0, 0.1) is 11.7 Å². The van der Waals surface area contributed by atoms with E-state index in [0.29, 0.717) is 42.3 Å². The molecule has 1 fully saturated rings. The molecule has 0 aliphatic heterocycles. The maximum Gasteiger partial charge on any atom is 0.225 e. The van der Waals surface area contributed by atoms with Crippen LogP contribution in [0.25, 0.3) is 10.9 Å². The van der Waals surface area contributed by atoms with Crippen LogP contribution < -0.4 is 19.1 Å². The minimum atomic E-state index is -0.265. The number of nitrogens with zero attached hydrogens (tertiary/aromatic N) is 3. The summed E-state index contributed by atoms with van der Waals surface area (Å²) in [4.78, 5) is 21.9. The second kappa shape index (κ2) is 10.4. The van der Waals surface area contributed by atoms with Crippen LogP contribution in [-0.4, -0.2) is 57.8 Å². The highest BCUT2D eigenvalue weighted by molar-refractivity contribution is 5.92. The van der Waals surface area contributed by atoms with Crippen molar-refractivity contribution in [2.24, 2.45) is 5.92 Å². The van der Waals surface area contributed by atoms with Gasteiger partial charge in [-0.25, -0.2) is 9.37 Å².